The van der Waals surface area contributed by atoms with Crippen LogP contribution in [-0.2, 0) is 9.59 Å². The third-order valence-electron chi connectivity index (χ3n) is 6.34. The van der Waals surface area contributed by atoms with Crippen molar-refractivity contribution in [2.24, 2.45) is 5.10 Å². The minimum absolute atomic E-state index is 0.211. The van der Waals surface area contributed by atoms with Crippen molar-refractivity contribution >= 4 is 46.2 Å². The summed E-state index contributed by atoms with van der Waals surface area (Å²) in [7, 11) is 0. The molecule has 4 heterocycles. The number of hydrogen-bond acceptors (Lipinski definition) is 6. The zero-order chi connectivity index (χ0) is 21.4. The van der Waals surface area contributed by atoms with Crippen LogP contribution in [0, 0.1) is 0 Å². The normalized spacial score (nSPS) is 23.2. The summed E-state index contributed by atoms with van der Waals surface area (Å²) >= 11 is 3.17. The lowest BCUT2D eigenvalue weighted by Crippen LogP contribution is -2.47. The molecule has 1 saturated carbocycles. The summed E-state index contributed by atoms with van der Waals surface area (Å²) in [5.41, 5.74) is 0.0245. The Kier molecular flexibility index (Phi) is 5.39. The molecule has 1 saturated heterocycles. The Balaban J connectivity index is 1.38. The van der Waals surface area contributed by atoms with Gasteiger partial charge in [-0.05, 0) is 35.7 Å². The molecule has 3 aliphatic rings. The molecule has 7 nitrogen and oxygen atoms in total. The van der Waals surface area contributed by atoms with E-state index >= 15 is 0 Å². The van der Waals surface area contributed by atoms with Gasteiger partial charge in [0.1, 0.15) is 12.1 Å². The maximum Gasteiger partial charge on any atom is 0.325 e. The zero-order valence-electron chi connectivity index (χ0n) is 17.1. The van der Waals surface area contributed by atoms with Crippen LogP contribution in [0.5, 0.6) is 0 Å². The van der Waals surface area contributed by atoms with Gasteiger partial charge in [-0.3, -0.25) is 14.5 Å². The van der Waals surface area contributed by atoms with Crippen molar-refractivity contribution in [3.05, 3.63) is 44.8 Å². The van der Waals surface area contributed by atoms with Gasteiger partial charge in [-0.2, -0.15) is 5.10 Å². The fourth-order valence-electron chi connectivity index (χ4n) is 4.73. The van der Waals surface area contributed by atoms with E-state index in [1.807, 2.05) is 35.0 Å². The van der Waals surface area contributed by atoms with Gasteiger partial charge in [0, 0.05) is 11.3 Å². The fraction of sp³-hybridized carbons (Fsp3) is 0.455. The quantitative estimate of drug-likeness (QED) is 0.702. The summed E-state index contributed by atoms with van der Waals surface area (Å²) in [5, 5.41) is 13.0. The van der Waals surface area contributed by atoms with Gasteiger partial charge in [-0.25, -0.2) is 9.80 Å². The van der Waals surface area contributed by atoms with E-state index in [9.17, 15) is 14.4 Å². The molecule has 0 unspecified atom stereocenters. The van der Waals surface area contributed by atoms with Crippen molar-refractivity contribution in [3.63, 3.8) is 0 Å². The fourth-order valence-corrected chi connectivity index (χ4v) is 6.27. The first kappa shape index (κ1) is 20.4. The number of amides is 4. The molecule has 1 atom stereocenters. The molecule has 0 bridgehead atoms. The predicted molar refractivity (Wildman–Crippen MR) is 120 cm³/mol. The van der Waals surface area contributed by atoms with Crippen molar-refractivity contribution in [2.45, 2.75) is 56.5 Å². The average molecular weight is 457 g/mol. The van der Waals surface area contributed by atoms with Crippen molar-refractivity contribution in [2.75, 3.05) is 6.54 Å². The zero-order valence-corrected chi connectivity index (χ0v) is 18.7. The van der Waals surface area contributed by atoms with Gasteiger partial charge in [0.05, 0.1) is 16.6 Å². The van der Waals surface area contributed by atoms with E-state index in [1.165, 1.54) is 5.01 Å². The van der Waals surface area contributed by atoms with Gasteiger partial charge in [-0.1, -0.05) is 37.8 Å². The third-order valence-corrected chi connectivity index (χ3v) is 8.23. The highest BCUT2D eigenvalue weighted by molar-refractivity contribution is 7.12. The monoisotopic (exact) mass is 456 g/mol. The molecule has 0 aromatic carbocycles. The number of thiophene rings is 2. The molecule has 2 aromatic heterocycles. The van der Waals surface area contributed by atoms with Gasteiger partial charge >= 0.3 is 6.03 Å². The summed E-state index contributed by atoms with van der Waals surface area (Å²) in [4.78, 5) is 42.3. The Bertz CT molecular complexity index is 1010. The highest BCUT2D eigenvalue weighted by Gasteiger charge is 2.51. The van der Waals surface area contributed by atoms with E-state index in [0.29, 0.717) is 19.3 Å². The first-order valence-electron chi connectivity index (χ1n) is 10.7. The molecule has 2 aromatic rings. The first-order chi connectivity index (χ1) is 15.1. The second-order valence-corrected chi connectivity index (χ2v) is 10.2. The molecule has 4 amide bonds. The molecule has 0 radical (unpaired) electrons. The number of hydrogen-bond donors (Lipinski definition) is 1. The van der Waals surface area contributed by atoms with Crippen LogP contribution in [0.4, 0.5) is 4.79 Å². The minimum atomic E-state index is -0.836. The minimum Gasteiger partial charge on any atom is -0.323 e. The van der Waals surface area contributed by atoms with Crippen LogP contribution in [0.25, 0.3) is 0 Å². The molecule has 1 aliphatic carbocycles. The lowest BCUT2D eigenvalue weighted by Gasteiger charge is -2.25. The Morgan fingerprint density at radius 1 is 1.10 bits per heavy atom. The second-order valence-electron chi connectivity index (χ2n) is 8.32. The predicted octanol–water partition coefficient (Wildman–Crippen LogP) is 4.13. The average Bonchev–Trinajstić information content (AvgIpc) is 3.53. The number of hydrazone groups is 1. The molecule has 2 fully saturated rings. The summed E-state index contributed by atoms with van der Waals surface area (Å²) < 4.78 is 0. The van der Waals surface area contributed by atoms with Crippen molar-refractivity contribution in [1.82, 2.24) is 15.2 Å². The first-order valence-corrected chi connectivity index (χ1v) is 12.4. The van der Waals surface area contributed by atoms with E-state index < -0.39 is 11.6 Å². The van der Waals surface area contributed by atoms with E-state index in [2.05, 4.69) is 10.4 Å². The molecule has 31 heavy (non-hydrogen) atoms. The number of nitrogens with zero attached hydrogens (tertiary/aromatic N) is 3. The Hall–Kier alpha value is -2.52. The maximum absolute atomic E-state index is 13.3. The molecule has 162 valence electrons. The lowest BCUT2D eigenvalue weighted by molar-refractivity contribution is -0.140. The van der Waals surface area contributed by atoms with Gasteiger partial charge < -0.3 is 5.32 Å². The molecule has 2 aliphatic heterocycles. The number of carbonyl (C=O) groups excluding carboxylic acids is 3. The van der Waals surface area contributed by atoms with E-state index in [0.717, 1.165) is 46.0 Å². The van der Waals surface area contributed by atoms with Crippen LogP contribution in [0.3, 0.4) is 0 Å². The van der Waals surface area contributed by atoms with Crippen LogP contribution in [0.2, 0.25) is 0 Å². The van der Waals surface area contributed by atoms with E-state index in [4.69, 9.17) is 0 Å². The van der Waals surface area contributed by atoms with Crippen LogP contribution in [0.1, 0.15) is 60.7 Å². The molecule has 5 rings (SSSR count). The summed E-state index contributed by atoms with van der Waals surface area (Å²) in [6, 6.07) is 7.24. The van der Waals surface area contributed by atoms with Gasteiger partial charge in [-0.15, -0.1) is 22.7 Å². The number of imide groups is 1. The molecular formula is C22H24N4O3S2. The van der Waals surface area contributed by atoms with Crippen molar-refractivity contribution in [3.8, 4) is 0 Å². The number of rotatable bonds is 4. The standard InChI is InChI=1S/C22H24N4O3S2/c27-19(14-25-20(28)22(23-21(25)29)9-3-1-2-4-10-22)26-16(18-8-6-12-31-18)13-15(24-26)17-7-5-11-30-17/h5-8,11-12,16H,1-4,9-10,13-14H2,(H,23,29)/t16-/m1/s1. The highest BCUT2D eigenvalue weighted by atomic mass is 32.1. The Labute approximate surface area is 188 Å². The largest absolute Gasteiger partial charge is 0.325 e. The smallest absolute Gasteiger partial charge is 0.323 e. The van der Waals surface area contributed by atoms with E-state index in [1.54, 1.807) is 22.7 Å². The highest BCUT2D eigenvalue weighted by Crippen LogP contribution is 2.37. The third kappa shape index (κ3) is 3.70. The van der Waals surface area contributed by atoms with Crippen LogP contribution in [-0.4, -0.2) is 45.5 Å². The second kappa shape index (κ2) is 8.20. The van der Waals surface area contributed by atoms with Gasteiger partial charge in [0.15, 0.2) is 0 Å². The SMILES string of the molecule is O=C1NC2(CCCCCC2)C(=O)N1CC(=O)N1N=C(c2cccs2)C[C@@H]1c1cccs1. The molecule has 1 spiro atoms. The van der Waals surface area contributed by atoms with Gasteiger partial charge in [0.25, 0.3) is 11.8 Å². The van der Waals surface area contributed by atoms with Crippen LogP contribution >= 0.6 is 22.7 Å². The number of urea groups is 1. The molecule has 9 heteroatoms. The number of nitrogens with one attached hydrogen (secondary N) is 1. The summed E-state index contributed by atoms with van der Waals surface area (Å²) in [6.07, 6.45) is 5.87. The van der Waals surface area contributed by atoms with Gasteiger partial charge in [0.2, 0.25) is 0 Å². The van der Waals surface area contributed by atoms with Crippen LogP contribution in [0.15, 0.2) is 40.1 Å². The summed E-state index contributed by atoms with van der Waals surface area (Å²) in [6.45, 7) is -0.282. The summed E-state index contributed by atoms with van der Waals surface area (Å²) in [5.74, 6) is -0.596. The van der Waals surface area contributed by atoms with Crippen LogP contribution < -0.4 is 5.32 Å². The van der Waals surface area contributed by atoms with Crippen molar-refractivity contribution < 1.29 is 14.4 Å². The Morgan fingerprint density at radius 3 is 2.52 bits per heavy atom. The topological polar surface area (TPSA) is 82.1 Å². The number of carbonyl (C=O) groups is 3. The van der Waals surface area contributed by atoms with Crippen molar-refractivity contribution in [1.29, 1.82) is 0 Å². The Morgan fingerprint density at radius 2 is 1.84 bits per heavy atom. The van der Waals surface area contributed by atoms with E-state index in [-0.39, 0.29) is 24.4 Å². The molecule has 1 N–H and O–H groups in total. The molecular weight excluding hydrogens is 432 g/mol. The lowest BCUT2D eigenvalue weighted by atomic mass is 9.90. The maximum atomic E-state index is 13.3.